The first-order valence-corrected chi connectivity index (χ1v) is 6.92. The molecule has 1 unspecified atom stereocenters. The summed E-state index contributed by atoms with van der Waals surface area (Å²) < 4.78 is 13.8. The van der Waals surface area contributed by atoms with E-state index in [9.17, 15) is 14.4 Å². The number of carbonyl (C=O) groups excluding carboxylic acids is 1. The maximum Gasteiger partial charge on any atom is 0.188 e. The third-order valence-electron chi connectivity index (χ3n) is 2.87. The molecular formula is C15H7Cl3FNO. The predicted molar refractivity (Wildman–Crippen MR) is 80.6 cm³/mol. The highest BCUT2D eigenvalue weighted by Crippen LogP contribution is 2.32. The Morgan fingerprint density at radius 1 is 1.14 bits per heavy atom. The molecule has 0 fully saturated rings. The minimum atomic E-state index is -1.26. The molecule has 0 N–H and O–H groups in total. The van der Waals surface area contributed by atoms with Gasteiger partial charge < -0.3 is 0 Å². The Hall–Kier alpha value is -1.60. The summed E-state index contributed by atoms with van der Waals surface area (Å²) in [5, 5.41) is 9.74. The third kappa shape index (κ3) is 3.19. The summed E-state index contributed by atoms with van der Waals surface area (Å²) in [7, 11) is 0. The van der Waals surface area contributed by atoms with Crippen LogP contribution in [0.25, 0.3) is 0 Å². The van der Waals surface area contributed by atoms with E-state index in [1.165, 1.54) is 30.3 Å². The average molecular weight is 343 g/mol. The third-order valence-corrected chi connectivity index (χ3v) is 3.75. The van der Waals surface area contributed by atoms with E-state index in [0.29, 0.717) is 5.02 Å². The molecule has 0 heterocycles. The monoisotopic (exact) mass is 341 g/mol. The molecule has 0 spiro atoms. The van der Waals surface area contributed by atoms with Gasteiger partial charge in [0.2, 0.25) is 0 Å². The van der Waals surface area contributed by atoms with Crippen LogP contribution in [-0.2, 0) is 0 Å². The molecule has 0 aromatic heterocycles. The smallest absolute Gasteiger partial charge is 0.188 e. The summed E-state index contributed by atoms with van der Waals surface area (Å²) in [5.74, 6) is -2.79. The van der Waals surface area contributed by atoms with Crippen LogP contribution in [0.3, 0.4) is 0 Å². The van der Waals surface area contributed by atoms with Crippen molar-refractivity contribution in [3.63, 3.8) is 0 Å². The maximum atomic E-state index is 13.8. The van der Waals surface area contributed by atoms with Gasteiger partial charge in [-0.15, -0.1) is 0 Å². The van der Waals surface area contributed by atoms with Crippen molar-refractivity contribution in [2.75, 3.05) is 0 Å². The fourth-order valence-corrected chi connectivity index (χ4v) is 2.66. The number of carbonyl (C=O) groups is 1. The lowest BCUT2D eigenvalue weighted by atomic mass is 9.91. The highest BCUT2D eigenvalue weighted by atomic mass is 35.5. The molecule has 2 aromatic carbocycles. The lowest BCUT2D eigenvalue weighted by Gasteiger charge is -2.12. The molecule has 2 rings (SSSR count). The summed E-state index contributed by atoms with van der Waals surface area (Å²) in [6.45, 7) is 0. The van der Waals surface area contributed by atoms with Crippen LogP contribution in [0.1, 0.15) is 21.8 Å². The zero-order valence-corrected chi connectivity index (χ0v) is 12.7. The van der Waals surface area contributed by atoms with Crippen LogP contribution in [0.4, 0.5) is 4.39 Å². The number of hydrogen-bond donors (Lipinski definition) is 0. The molecule has 2 nitrogen and oxygen atoms in total. The predicted octanol–water partition coefficient (Wildman–Crippen LogP) is 5.28. The number of nitrogens with zero attached hydrogens (tertiary/aromatic N) is 1. The van der Waals surface area contributed by atoms with Crippen molar-refractivity contribution >= 4 is 40.6 Å². The Bertz CT molecular complexity index is 735. The Morgan fingerprint density at radius 2 is 1.86 bits per heavy atom. The van der Waals surface area contributed by atoms with E-state index in [2.05, 4.69) is 0 Å². The van der Waals surface area contributed by atoms with Gasteiger partial charge in [-0.05, 0) is 29.8 Å². The number of nitriles is 1. The second-order valence-electron chi connectivity index (χ2n) is 4.19. The SMILES string of the molecule is N#CC(C(=O)c1c(F)cccc1Cl)c1ccc(Cl)cc1Cl. The lowest BCUT2D eigenvalue weighted by molar-refractivity contribution is 0.0975. The second kappa shape index (κ2) is 6.44. The molecule has 106 valence electrons. The molecule has 0 bridgehead atoms. The number of Topliss-reactive ketones (excluding diaryl/α,β-unsaturated/α-hetero) is 1. The number of benzene rings is 2. The highest BCUT2D eigenvalue weighted by Gasteiger charge is 2.28. The van der Waals surface area contributed by atoms with E-state index in [0.717, 1.165) is 6.07 Å². The topological polar surface area (TPSA) is 40.9 Å². The van der Waals surface area contributed by atoms with Gasteiger partial charge in [-0.1, -0.05) is 46.9 Å². The summed E-state index contributed by atoms with van der Waals surface area (Å²) in [5.41, 5.74) is -0.0652. The number of ketones is 1. The van der Waals surface area contributed by atoms with Crippen molar-refractivity contribution in [2.24, 2.45) is 0 Å². The molecule has 0 aliphatic rings. The molecular weight excluding hydrogens is 336 g/mol. The van der Waals surface area contributed by atoms with Crippen molar-refractivity contribution in [2.45, 2.75) is 5.92 Å². The van der Waals surface area contributed by atoms with E-state index in [-0.39, 0.29) is 21.2 Å². The first kappa shape index (κ1) is 15.8. The Balaban J connectivity index is 2.52. The van der Waals surface area contributed by atoms with Crippen LogP contribution in [0.15, 0.2) is 36.4 Å². The molecule has 1 atom stereocenters. The van der Waals surface area contributed by atoms with E-state index in [1.807, 2.05) is 6.07 Å². The normalized spacial score (nSPS) is 11.8. The fraction of sp³-hybridized carbons (Fsp3) is 0.0667. The van der Waals surface area contributed by atoms with Crippen LogP contribution in [0, 0.1) is 17.1 Å². The first-order chi connectivity index (χ1) is 9.95. The summed E-state index contributed by atoms with van der Waals surface area (Å²) >= 11 is 17.6. The second-order valence-corrected chi connectivity index (χ2v) is 5.44. The summed E-state index contributed by atoms with van der Waals surface area (Å²) in [6, 6.07) is 10.1. The van der Waals surface area contributed by atoms with Crippen LogP contribution in [0.2, 0.25) is 15.1 Å². The van der Waals surface area contributed by atoms with Gasteiger partial charge >= 0.3 is 0 Å². The molecule has 0 amide bonds. The van der Waals surface area contributed by atoms with Crippen molar-refractivity contribution in [1.82, 2.24) is 0 Å². The summed E-state index contributed by atoms with van der Waals surface area (Å²) in [4.78, 5) is 12.4. The molecule has 0 radical (unpaired) electrons. The molecule has 0 aliphatic heterocycles. The standard InChI is InChI=1S/C15H7Cl3FNO/c16-8-4-5-9(12(18)6-8)10(7-20)15(21)14-11(17)2-1-3-13(14)19/h1-6,10H. The van der Waals surface area contributed by atoms with E-state index < -0.39 is 17.5 Å². The van der Waals surface area contributed by atoms with Crippen molar-refractivity contribution < 1.29 is 9.18 Å². The molecule has 0 saturated carbocycles. The molecule has 0 aliphatic carbocycles. The largest absolute Gasteiger partial charge is 0.292 e. The zero-order chi connectivity index (χ0) is 15.6. The van der Waals surface area contributed by atoms with Crippen LogP contribution >= 0.6 is 34.8 Å². The molecule has 2 aromatic rings. The summed E-state index contributed by atoms with van der Waals surface area (Å²) in [6.07, 6.45) is 0. The Labute approximate surface area is 135 Å². The zero-order valence-electron chi connectivity index (χ0n) is 10.4. The van der Waals surface area contributed by atoms with Crippen LogP contribution in [-0.4, -0.2) is 5.78 Å². The quantitative estimate of drug-likeness (QED) is 0.712. The van der Waals surface area contributed by atoms with Crippen molar-refractivity contribution in [1.29, 1.82) is 5.26 Å². The van der Waals surface area contributed by atoms with Gasteiger partial charge in [0.1, 0.15) is 11.7 Å². The average Bonchev–Trinajstić information content (AvgIpc) is 2.41. The maximum absolute atomic E-state index is 13.8. The van der Waals surface area contributed by atoms with E-state index >= 15 is 0 Å². The van der Waals surface area contributed by atoms with Crippen molar-refractivity contribution in [3.8, 4) is 6.07 Å². The fourth-order valence-electron chi connectivity index (χ4n) is 1.88. The molecule has 21 heavy (non-hydrogen) atoms. The van der Waals surface area contributed by atoms with Crippen LogP contribution < -0.4 is 0 Å². The molecule has 0 saturated heterocycles. The number of halogens is 4. The van der Waals surface area contributed by atoms with Gasteiger partial charge in [-0.2, -0.15) is 5.26 Å². The Kier molecular flexibility index (Phi) is 4.84. The van der Waals surface area contributed by atoms with E-state index in [4.69, 9.17) is 34.8 Å². The first-order valence-electron chi connectivity index (χ1n) is 5.78. The highest BCUT2D eigenvalue weighted by molar-refractivity contribution is 6.36. The van der Waals surface area contributed by atoms with Gasteiger partial charge in [-0.3, -0.25) is 4.79 Å². The van der Waals surface area contributed by atoms with Gasteiger partial charge in [0.15, 0.2) is 5.78 Å². The molecule has 6 heteroatoms. The van der Waals surface area contributed by atoms with Gasteiger partial charge in [0.05, 0.1) is 16.7 Å². The van der Waals surface area contributed by atoms with Crippen LogP contribution in [0.5, 0.6) is 0 Å². The Morgan fingerprint density at radius 3 is 2.43 bits per heavy atom. The van der Waals surface area contributed by atoms with Gasteiger partial charge in [-0.25, -0.2) is 4.39 Å². The number of hydrogen-bond acceptors (Lipinski definition) is 2. The minimum Gasteiger partial charge on any atom is -0.292 e. The van der Waals surface area contributed by atoms with Crippen molar-refractivity contribution in [3.05, 3.63) is 68.4 Å². The lowest BCUT2D eigenvalue weighted by Crippen LogP contribution is -2.14. The van der Waals surface area contributed by atoms with E-state index in [1.54, 1.807) is 0 Å². The number of rotatable bonds is 3. The minimum absolute atomic E-state index is 0.0506. The van der Waals surface area contributed by atoms with Gasteiger partial charge in [0.25, 0.3) is 0 Å². The van der Waals surface area contributed by atoms with Gasteiger partial charge in [0, 0.05) is 10.0 Å².